The molecule has 0 aliphatic carbocycles. The van der Waals surface area contributed by atoms with Crippen molar-refractivity contribution in [2.75, 3.05) is 0 Å². The second-order valence-corrected chi connectivity index (χ2v) is 9.66. The number of carbonyl (C=O) groups excluding carboxylic acids is 2. The van der Waals surface area contributed by atoms with E-state index in [0.29, 0.717) is 55.7 Å². The second kappa shape index (κ2) is 7.63. The lowest BCUT2D eigenvalue weighted by Gasteiger charge is -2.01. The van der Waals surface area contributed by atoms with Gasteiger partial charge in [-0.3, -0.25) is 28.3 Å². The molecular weight excluding hydrogens is 480 g/mol. The zero-order chi connectivity index (χ0) is 26.3. The molecular formula is C30H20N4O4. The predicted octanol–water partition coefficient (Wildman–Crippen LogP) is 4.61. The van der Waals surface area contributed by atoms with Gasteiger partial charge in [-0.15, -0.1) is 0 Å². The smallest absolute Gasteiger partial charge is 0.279 e. The van der Waals surface area contributed by atoms with Crippen LogP contribution in [-0.4, -0.2) is 30.9 Å². The number of nitrogens with zero attached hydrogens (tertiary/aromatic N) is 2. The Bertz CT molecular complexity index is 1980. The van der Waals surface area contributed by atoms with E-state index >= 15 is 0 Å². The number of pyridine rings is 2. The number of hydrogen-bond donors (Lipinski definition) is 2. The lowest BCUT2D eigenvalue weighted by Crippen LogP contribution is -2.11. The minimum atomic E-state index is -0.166. The molecule has 4 aromatic heterocycles. The van der Waals surface area contributed by atoms with Gasteiger partial charge in [0.2, 0.25) is 0 Å². The summed E-state index contributed by atoms with van der Waals surface area (Å²) < 4.78 is 3.08. The third-order valence-electron chi connectivity index (χ3n) is 7.11. The second-order valence-electron chi connectivity index (χ2n) is 9.66. The molecule has 0 bridgehead atoms. The van der Waals surface area contributed by atoms with Crippen LogP contribution in [0.4, 0.5) is 0 Å². The van der Waals surface area contributed by atoms with Crippen molar-refractivity contribution in [3.8, 4) is 22.5 Å². The molecule has 0 atom stereocenters. The summed E-state index contributed by atoms with van der Waals surface area (Å²) in [6.07, 6.45) is 3.52. The van der Waals surface area contributed by atoms with E-state index in [1.54, 1.807) is 24.5 Å². The van der Waals surface area contributed by atoms with Gasteiger partial charge in [0.15, 0.2) is 10.9 Å². The lowest BCUT2D eigenvalue weighted by molar-refractivity contribution is 0.0957. The normalized spacial score (nSPS) is 12.8. The van der Waals surface area contributed by atoms with E-state index in [1.807, 2.05) is 62.4 Å². The number of nitrogens with one attached hydrogen (secondary N) is 2. The Labute approximate surface area is 214 Å². The summed E-state index contributed by atoms with van der Waals surface area (Å²) in [6.45, 7) is 3.82. The SMILES string of the molecule is Cc1cc2n(c1)C(=O)c1[nH]c3ccccc3c(=O)c1-2.Cc1cc2n(c1)C(=O)c1[nH]c3ccccc3c(=O)c1-2. The van der Waals surface area contributed by atoms with E-state index in [9.17, 15) is 19.2 Å². The summed E-state index contributed by atoms with van der Waals surface area (Å²) in [4.78, 5) is 55.8. The van der Waals surface area contributed by atoms with Crippen molar-refractivity contribution in [2.45, 2.75) is 13.8 Å². The number of para-hydroxylation sites is 2. The van der Waals surface area contributed by atoms with E-state index < -0.39 is 0 Å². The highest BCUT2D eigenvalue weighted by molar-refractivity contribution is 6.10. The fourth-order valence-corrected chi connectivity index (χ4v) is 5.43. The molecule has 2 aromatic carbocycles. The minimum absolute atomic E-state index is 0.0884. The van der Waals surface area contributed by atoms with Crippen molar-refractivity contribution in [1.82, 2.24) is 19.1 Å². The molecule has 2 aliphatic rings. The first kappa shape index (κ1) is 22.0. The van der Waals surface area contributed by atoms with Crippen LogP contribution < -0.4 is 10.9 Å². The maximum atomic E-state index is 12.6. The first-order valence-corrected chi connectivity index (χ1v) is 12.1. The summed E-state index contributed by atoms with van der Waals surface area (Å²) in [5, 5.41) is 1.22. The molecule has 184 valence electrons. The third-order valence-corrected chi connectivity index (χ3v) is 7.11. The molecule has 0 fully saturated rings. The van der Waals surface area contributed by atoms with Crippen molar-refractivity contribution in [1.29, 1.82) is 0 Å². The van der Waals surface area contributed by atoms with Gasteiger partial charge in [0.05, 0.1) is 22.5 Å². The van der Waals surface area contributed by atoms with Crippen LogP contribution in [0.1, 0.15) is 32.1 Å². The molecule has 0 unspecified atom stereocenters. The van der Waals surface area contributed by atoms with Crippen molar-refractivity contribution in [2.24, 2.45) is 0 Å². The average molecular weight is 501 g/mol. The van der Waals surface area contributed by atoms with Crippen molar-refractivity contribution in [3.63, 3.8) is 0 Å². The fourth-order valence-electron chi connectivity index (χ4n) is 5.43. The van der Waals surface area contributed by atoms with Crippen LogP contribution in [0, 0.1) is 13.8 Å². The number of aryl methyl sites for hydroxylation is 2. The summed E-state index contributed by atoms with van der Waals surface area (Å²) in [7, 11) is 0. The summed E-state index contributed by atoms with van der Waals surface area (Å²) in [6, 6.07) is 18.2. The summed E-state index contributed by atoms with van der Waals surface area (Å²) in [5.41, 5.74) is 6.27. The highest BCUT2D eigenvalue weighted by Gasteiger charge is 2.31. The number of aromatic nitrogens is 4. The highest BCUT2D eigenvalue weighted by Crippen LogP contribution is 2.32. The Hall–Kier alpha value is -5.24. The predicted molar refractivity (Wildman–Crippen MR) is 145 cm³/mol. The average Bonchev–Trinajstić information content (AvgIpc) is 3.62. The van der Waals surface area contributed by atoms with E-state index in [4.69, 9.17) is 0 Å². The van der Waals surface area contributed by atoms with Crippen LogP contribution in [0.25, 0.3) is 44.3 Å². The molecule has 6 heterocycles. The Kier molecular flexibility index (Phi) is 4.42. The van der Waals surface area contributed by atoms with Gasteiger partial charge in [-0.1, -0.05) is 24.3 Å². The maximum absolute atomic E-state index is 12.6. The quantitative estimate of drug-likeness (QED) is 0.317. The molecule has 38 heavy (non-hydrogen) atoms. The third kappa shape index (κ3) is 2.91. The van der Waals surface area contributed by atoms with Crippen LogP contribution in [0.2, 0.25) is 0 Å². The Morgan fingerprint density at radius 3 is 1.39 bits per heavy atom. The topological polar surface area (TPSA) is 110 Å². The van der Waals surface area contributed by atoms with E-state index in [1.165, 1.54) is 9.13 Å². The molecule has 0 saturated carbocycles. The maximum Gasteiger partial charge on any atom is 0.279 e. The Morgan fingerprint density at radius 1 is 0.579 bits per heavy atom. The van der Waals surface area contributed by atoms with Crippen LogP contribution in [0.3, 0.4) is 0 Å². The number of aromatic amines is 2. The molecule has 0 radical (unpaired) electrons. The number of fused-ring (bicyclic) bond motifs is 8. The van der Waals surface area contributed by atoms with Gasteiger partial charge in [0.25, 0.3) is 11.8 Å². The molecule has 0 spiro atoms. The Balaban J connectivity index is 0.000000127. The molecule has 0 saturated heterocycles. The molecule has 8 heteroatoms. The number of hydrogen-bond acceptors (Lipinski definition) is 4. The monoisotopic (exact) mass is 500 g/mol. The van der Waals surface area contributed by atoms with Gasteiger partial charge >= 0.3 is 0 Å². The molecule has 8 nitrogen and oxygen atoms in total. The van der Waals surface area contributed by atoms with E-state index in [2.05, 4.69) is 9.97 Å². The van der Waals surface area contributed by atoms with E-state index in [0.717, 1.165) is 11.1 Å². The van der Waals surface area contributed by atoms with Crippen LogP contribution in [0.5, 0.6) is 0 Å². The zero-order valence-electron chi connectivity index (χ0n) is 20.5. The van der Waals surface area contributed by atoms with Crippen molar-refractivity contribution >= 4 is 33.6 Å². The highest BCUT2D eigenvalue weighted by atomic mass is 16.2. The molecule has 6 aromatic rings. The standard InChI is InChI=1S/2C15H10N2O2/c2*1-8-6-11-12-13(15(19)17(11)7-8)16-10-5-3-2-4-9(10)14(12)18/h2*2-7H,1H3,(H,16,18). The number of H-pyrrole nitrogens is 2. The van der Waals surface area contributed by atoms with Gasteiger partial charge < -0.3 is 9.97 Å². The fraction of sp³-hybridized carbons (Fsp3) is 0.0667. The summed E-state index contributed by atoms with van der Waals surface area (Å²) >= 11 is 0. The number of rotatable bonds is 0. The van der Waals surface area contributed by atoms with Crippen LogP contribution >= 0.6 is 0 Å². The van der Waals surface area contributed by atoms with E-state index in [-0.39, 0.29) is 22.7 Å². The first-order valence-electron chi connectivity index (χ1n) is 12.1. The zero-order valence-corrected chi connectivity index (χ0v) is 20.5. The van der Waals surface area contributed by atoms with Crippen molar-refractivity contribution < 1.29 is 9.59 Å². The van der Waals surface area contributed by atoms with Gasteiger partial charge in [0, 0.05) is 34.2 Å². The number of benzene rings is 2. The van der Waals surface area contributed by atoms with Gasteiger partial charge in [-0.2, -0.15) is 0 Å². The minimum Gasteiger partial charge on any atom is -0.350 e. The summed E-state index contributed by atoms with van der Waals surface area (Å²) in [5.74, 6) is -0.332. The van der Waals surface area contributed by atoms with Crippen LogP contribution in [-0.2, 0) is 0 Å². The van der Waals surface area contributed by atoms with Gasteiger partial charge in [0.1, 0.15) is 11.4 Å². The number of carbonyl (C=O) groups is 2. The van der Waals surface area contributed by atoms with Crippen LogP contribution in [0.15, 0.2) is 82.6 Å². The largest absolute Gasteiger partial charge is 0.350 e. The lowest BCUT2D eigenvalue weighted by atomic mass is 10.1. The van der Waals surface area contributed by atoms with Crippen molar-refractivity contribution in [3.05, 3.63) is 116 Å². The Morgan fingerprint density at radius 2 is 0.974 bits per heavy atom. The molecule has 2 N–H and O–H groups in total. The molecule has 0 amide bonds. The molecule has 2 aliphatic heterocycles. The first-order chi connectivity index (χ1) is 18.3. The van der Waals surface area contributed by atoms with Gasteiger partial charge in [-0.05, 0) is 61.4 Å². The molecule has 8 rings (SSSR count). The van der Waals surface area contributed by atoms with Gasteiger partial charge in [-0.25, -0.2) is 0 Å².